The van der Waals surface area contributed by atoms with Crippen molar-refractivity contribution < 1.29 is 17.9 Å². The number of hydrogen-bond acceptors (Lipinski definition) is 5. The molecule has 3 rings (SSSR count). The Hall–Kier alpha value is -1.93. The molecule has 1 fully saturated rings. The number of esters is 1. The molecule has 0 atom stereocenters. The summed E-state index contributed by atoms with van der Waals surface area (Å²) in [4.78, 5) is 14.7. The van der Waals surface area contributed by atoms with Crippen LogP contribution in [0.15, 0.2) is 53.4 Å². The lowest BCUT2D eigenvalue weighted by Gasteiger charge is -2.33. The maximum absolute atomic E-state index is 12.9. The van der Waals surface area contributed by atoms with E-state index in [0.717, 1.165) is 6.54 Å². The number of likely N-dealkylation sites (N-methyl/N-ethyl adjacent to an activating group) is 1. The Morgan fingerprint density at radius 1 is 1.07 bits per heavy atom. The molecule has 1 aliphatic heterocycles. The standard InChI is InChI=1S/C19H21ClN2O4S/c1-2-21-10-12-22(13-11-21)27(24,25)16-8-9-18(20)17(14-16)19(23)26-15-6-4-3-5-7-15/h3-9,14H,2,10-13H2,1H3. The lowest BCUT2D eigenvalue weighted by molar-refractivity contribution is 0.0734. The van der Waals surface area contributed by atoms with Gasteiger partial charge in [-0.05, 0) is 36.9 Å². The summed E-state index contributed by atoms with van der Waals surface area (Å²) in [6, 6.07) is 12.7. The van der Waals surface area contributed by atoms with Crippen molar-refractivity contribution in [1.29, 1.82) is 0 Å². The molecule has 144 valence electrons. The number of para-hydroxylation sites is 1. The Morgan fingerprint density at radius 2 is 1.74 bits per heavy atom. The number of rotatable bonds is 5. The summed E-state index contributed by atoms with van der Waals surface area (Å²) in [7, 11) is -3.70. The van der Waals surface area contributed by atoms with E-state index in [2.05, 4.69) is 4.90 Å². The molecule has 1 aliphatic rings. The first-order valence-corrected chi connectivity index (χ1v) is 10.5. The molecule has 0 saturated carbocycles. The van der Waals surface area contributed by atoms with E-state index in [0.29, 0.717) is 31.9 Å². The number of nitrogens with zero attached hydrogens (tertiary/aromatic N) is 2. The van der Waals surface area contributed by atoms with Crippen LogP contribution in [0.3, 0.4) is 0 Å². The lowest BCUT2D eigenvalue weighted by atomic mass is 10.2. The maximum Gasteiger partial charge on any atom is 0.345 e. The Balaban J connectivity index is 1.83. The van der Waals surface area contributed by atoms with Crippen LogP contribution in [-0.4, -0.2) is 56.3 Å². The number of sulfonamides is 1. The fourth-order valence-corrected chi connectivity index (χ4v) is 4.55. The highest BCUT2D eigenvalue weighted by Gasteiger charge is 2.29. The Morgan fingerprint density at radius 3 is 2.37 bits per heavy atom. The van der Waals surface area contributed by atoms with Crippen LogP contribution in [-0.2, 0) is 10.0 Å². The van der Waals surface area contributed by atoms with Gasteiger partial charge in [-0.15, -0.1) is 0 Å². The van der Waals surface area contributed by atoms with E-state index in [-0.39, 0.29) is 15.5 Å². The molecule has 0 amide bonds. The molecule has 0 radical (unpaired) electrons. The van der Waals surface area contributed by atoms with Gasteiger partial charge in [0.1, 0.15) is 5.75 Å². The van der Waals surface area contributed by atoms with Crippen molar-refractivity contribution in [3.8, 4) is 5.75 Å². The van der Waals surface area contributed by atoms with Crippen LogP contribution in [0.25, 0.3) is 0 Å². The van der Waals surface area contributed by atoms with Gasteiger partial charge < -0.3 is 9.64 Å². The highest BCUT2D eigenvalue weighted by Crippen LogP contribution is 2.25. The first-order chi connectivity index (χ1) is 12.9. The molecule has 0 spiro atoms. The Kier molecular flexibility index (Phi) is 6.16. The zero-order valence-corrected chi connectivity index (χ0v) is 16.5. The molecule has 8 heteroatoms. The molecule has 27 heavy (non-hydrogen) atoms. The number of hydrogen-bond donors (Lipinski definition) is 0. The summed E-state index contributed by atoms with van der Waals surface area (Å²) in [5.41, 5.74) is 0.0220. The zero-order chi connectivity index (χ0) is 19.4. The third-order valence-electron chi connectivity index (χ3n) is 4.53. The molecular formula is C19H21ClN2O4S. The van der Waals surface area contributed by atoms with Crippen LogP contribution in [0.5, 0.6) is 5.75 Å². The van der Waals surface area contributed by atoms with Crippen molar-refractivity contribution in [2.24, 2.45) is 0 Å². The van der Waals surface area contributed by atoms with Crippen LogP contribution < -0.4 is 4.74 Å². The smallest absolute Gasteiger partial charge is 0.345 e. The van der Waals surface area contributed by atoms with Gasteiger partial charge in [0.15, 0.2) is 0 Å². The molecule has 1 heterocycles. The minimum atomic E-state index is -3.70. The number of carbonyl (C=O) groups excluding carboxylic acids is 1. The molecule has 6 nitrogen and oxygen atoms in total. The zero-order valence-electron chi connectivity index (χ0n) is 15.0. The average Bonchev–Trinajstić information content (AvgIpc) is 2.69. The summed E-state index contributed by atoms with van der Waals surface area (Å²) in [5, 5.41) is 0.144. The van der Waals surface area contributed by atoms with E-state index in [1.54, 1.807) is 30.3 Å². The number of benzene rings is 2. The van der Waals surface area contributed by atoms with Crippen LogP contribution >= 0.6 is 11.6 Å². The molecule has 0 aromatic heterocycles. The van der Waals surface area contributed by atoms with Crippen molar-refractivity contribution in [3.05, 3.63) is 59.1 Å². The minimum Gasteiger partial charge on any atom is -0.423 e. The van der Waals surface area contributed by atoms with Crippen LogP contribution in [0, 0.1) is 0 Å². The summed E-state index contributed by atoms with van der Waals surface area (Å²) in [6.45, 7) is 5.15. The molecular weight excluding hydrogens is 388 g/mol. The van der Waals surface area contributed by atoms with Crippen molar-refractivity contribution in [3.63, 3.8) is 0 Å². The molecule has 2 aromatic carbocycles. The van der Waals surface area contributed by atoms with E-state index < -0.39 is 16.0 Å². The van der Waals surface area contributed by atoms with E-state index >= 15 is 0 Å². The number of piperazine rings is 1. The highest BCUT2D eigenvalue weighted by molar-refractivity contribution is 7.89. The third-order valence-corrected chi connectivity index (χ3v) is 6.75. The molecule has 0 bridgehead atoms. The first-order valence-electron chi connectivity index (χ1n) is 8.71. The van der Waals surface area contributed by atoms with Crippen molar-refractivity contribution >= 4 is 27.6 Å². The average molecular weight is 409 g/mol. The van der Waals surface area contributed by atoms with Gasteiger partial charge in [-0.3, -0.25) is 0 Å². The third kappa shape index (κ3) is 4.50. The van der Waals surface area contributed by atoms with Crippen LogP contribution in [0.1, 0.15) is 17.3 Å². The molecule has 0 N–H and O–H groups in total. The van der Waals surface area contributed by atoms with E-state index in [1.807, 2.05) is 6.92 Å². The second-order valence-electron chi connectivity index (χ2n) is 6.18. The number of ether oxygens (including phenoxy) is 1. The SMILES string of the molecule is CCN1CCN(S(=O)(=O)c2ccc(Cl)c(C(=O)Oc3ccccc3)c2)CC1. The van der Waals surface area contributed by atoms with Gasteiger partial charge in [0, 0.05) is 26.2 Å². The molecule has 2 aromatic rings. The van der Waals surface area contributed by atoms with E-state index in [4.69, 9.17) is 16.3 Å². The monoisotopic (exact) mass is 408 g/mol. The van der Waals surface area contributed by atoms with E-state index in [1.165, 1.54) is 22.5 Å². The largest absolute Gasteiger partial charge is 0.423 e. The minimum absolute atomic E-state index is 0.0220. The van der Waals surface area contributed by atoms with Crippen LogP contribution in [0.4, 0.5) is 0 Å². The summed E-state index contributed by atoms with van der Waals surface area (Å²) in [5.74, 6) is -0.332. The van der Waals surface area contributed by atoms with Gasteiger partial charge in [0.2, 0.25) is 10.0 Å². The van der Waals surface area contributed by atoms with Gasteiger partial charge in [0.05, 0.1) is 15.5 Å². The summed E-state index contributed by atoms with van der Waals surface area (Å²) < 4.78 is 32.6. The fourth-order valence-electron chi connectivity index (χ4n) is 2.91. The maximum atomic E-state index is 12.9. The normalized spacial score (nSPS) is 16.2. The van der Waals surface area contributed by atoms with Gasteiger partial charge in [0.25, 0.3) is 0 Å². The van der Waals surface area contributed by atoms with Crippen LogP contribution in [0.2, 0.25) is 5.02 Å². The summed E-state index contributed by atoms with van der Waals surface area (Å²) in [6.07, 6.45) is 0. The second kappa shape index (κ2) is 8.39. The predicted molar refractivity (Wildman–Crippen MR) is 104 cm³/mol. The van der Waals surface area contributed by atoms with Gasteiger partial charge in [-0.2, -0.15) is 4.31 Å². The Bertz CT molecular complexity index is 911. The lowest BCUT2D eigenvalue weighted by Crippen LogP contribution is -2.48. The number of carbonyl (C=O) groups is 1. The van der Waals surface area contributed by atoms with Crippen molar-refractivity contribution in [2.45, 2.75) is 11.8 Å². The van der Waals surface area contributed by atoms with Gasteiger partial charge >= 0.3 is 5.97 Å². The van der Waals surface area contributed by atoms with Gasteiger partial charge in [-0.1, -0.05) is 36.7 Å². The quantitative estimate of drug-likeness (QED) is 0.562. The van der Waals surface area contributed by atoms with E-state index in [9.17, 15) is 13.2 Å². The highest BCUT2D eigenvalue weighted by atomic mass is 35.5. The van der Waals surface area contributed by atoms with Crippen molar-refractivity contribution in [1.82, 2.24) is 9.21 Å². The van der Waals surface area contributed by atoms with Crippen molar-refractivity contribution in [2.75, 3.05) is 32.7 Å². The molecule has 1 saturated heterocycles. The molecule has 0 unspecified atom stereocenters. The first kappa shape index (κ1) is 19.8. The second-order valence-corrected chi connectivity index (χ2v) is 8.53. The Labute approximate surface area is 164 Å². The fraction of sp³-hybridized carbons (Fsp3) is 0.316. The number of halogens is 1. The summed E-state index contributed by atoms with van der Waals surface area (Å²) >= 11 is 6.12. The topological polar surface area (TPSA) is 66.9 Å². The predicted octanol–water partition coefficient (Wildman–Crippen LogP) is 2.89. The van der Waals surface area contributed by atoms with Gasteiger partial charge in [-0.25, -0.2) is 13.2 Å². The molecule has 0 aliphatic carbocycles.